The van der Waals surface area contributed by atoms with Crippen LogP contribution in [0.4, 0.5) is 5.69 Å². The maximum Gasteiger partial charge on any atom is 0.471 e. The van der Waals surface area contributed by atoms with Crippen molar-refractivity contribution in [3.63, 3.8) is 0 Å². The minimum atomic E-state index is -4.65. The Morgan fingerprint density at radius 2 is 2.05 bits per heavy atom. The summed E-state index contributed by atoms with van der Waals surface area (Å²) in [5.41, 5.74) is 1.29. The largest absolute Gasteiger partial charge is 0.482 e. The van der Waals surface area contributed by atoms with Crippen LogP contribution < -0.4 is 9.64 Å². The molecule has 116 valence electrons. The molecule has 0 bridgehead atoms. The quantitative estimate of drug-likeness (QED) is 0.825. The molecular weight excluding hydrogens is 297 g/mol. The SMILES string of the molecule is CC(C)(C)c1ccc2c(c1)N(COP(=O)(O)O)C(=O)CO2. The van der Waals surface area contributed by atoms with E-state index in [1.54, 1.807) is 12.1 Å². The first-order chi connectivity index (χ1) is 9.58. The number of phosphoric ester groups is 1. The molecule has 1 aromatic carbocycles. The standard InChI is InChI=1S/C13H18NO6P/c1-13(2,3)9-4-5-11-10(6-9)14(12(15)7-19-11)8-20-21(16,17)18/h4-6H,7-8H2,1-3H3,(H2,16,17,18). The summed E-state index contributed by atoms with van der Waals surface area (Å²) in [6.45, 7) is 5.36. The molecule has 0 spiro atoms. The predicted molar refractivity (Wildman–Crippen MR) is 76.1 cm³/mol. The van der Waals surface area contributed by atoms with Gasteiger partial charge in [-0.25, -0.2) is 4.57 Å². The number of carbonyl (C=O) groups is 1. The Morgan fingerprint density at radius 3 is 2.62 bits per heavy atom. The molecule has 1 aromatic rings. The maximum absolute atomic E-state index is 11.9. The minimum Gasteiger partial charge on any atom is -0.482 e. The van der Waals surface area contributed by atoms with Gasteiger partial charge >= 0.3 is 7.82 Å². The van der Waals surface area contributed by atoms with E-state index in [4.69, 9.17) is 14.5 Å². The van der Waals surface area contributed by atoms with Crippen molar-refractivity contribution in [1.82, 2.24) is 0 Å². The molecule has 0 fully saturated rings. The first kappa shape index (κ1) is 16.0. The van der Waals surface area contributed by atoms with E-state index in [1.807, 2.05) is 26.8 Å². The van der Waals surface area contributed by atoms with Crippen LogP contribution in [0.25, 0.3) is 0 Å². The second-order valence-electron chi connectivity index (χ2n) is 5.79. The van der Waals surface area contributed by atoms with Crippen molar-refractivity contribution in [3.8, 4) is 5.75 Å². The minimum absolute atomic E-state index is 0.134. The topological polar surface area (TPSA) is 96.3 Å². The normalized spacial score (nSPS) is 15.7. The van der Waals surface area contributed by atoms with Gasteiger partial charge in [0.1, 0.15) is 12.5 Å². The lowest BCUT2D eigenvalue weighted by Gasteiger charge is -2.31. The monoisotopic (exact) mass is 315 g/mol. The molecule has 1 heterocycles. The van der Waals surface area contributed by atoms with Gasteiger partial charge in [0.15, 0.2) is 6.61 Å². The number of benzene rings is 1. The van der Waals surface area contributed by atoms with Crippen LogP contribution in [0, 0.1) is 0 Å². The summed E-state index contributed by atoms with van der Waals surface area (Å²) in [4.78, 5) is 30.6. The van der Waals surface area contributed by atoms with Crippen LogP contribution >= 0.6 is 7.82 Å². The van der Waals surface area contributed by atoms with E-state index in [1.165, 1.54) is 4.90 Å². The number of amides is 1. The number of phosphoric acid groups is 1. The molecule has 7 nitrogen and oxygen atoms in total. The van der Waals surface area contributed by atoms with Gasteiger partial charge in [0, 0.05) is 0 Å². The fourth-order valence-corrected chi connectivity index (χ4v) is 2.21. The van der Waals surface area contributed by atoms with Crippen LogP contribution in [0.15, 0.2) is 18.2 Å². The van der Waals surface area contributed by atoms with Crippen molar-refractivity contribution in [2.45, 2.75) is 26.2 Å². The summed E-state index contributed by atoms with van der Waals surface area (Å²) in [7, 11) is -4.65. The van der Waals surface area contributed by atoms with E-state index in [9.17, 15) is 9.36 Å². The molecule has 0 saturated heterocycles. The third-order valence-electron chi connectivity index (χ3n) is 3.12. The third kappa shape index (κ3) is 3.83. The molecule has 1 aliphatic rings. The summed E-state index contributed by atoms with van der Waals surface area (Å²) < 4.78 is 20.6. The van der Waals surface area contributed by atoms with Crippen molar-refractivity contribution in [3.05, 3.63) is 23.8 Å². The summed E-state index contributed by atoms with van der Waals surface area (Å²) in [5.74, 6) is 0.0684. The van der Waals surface area contributed by atoms with E-state index in [0.717, 1.165) is 5.56 Å². The molecule has 0 saturated carbocycles. The van der Waals surface area contributed by atoms with Gasteiger partial charge in [-0.3, -0.25) is 14.2 Å². The fraction of sp³-hybridized carbons (Fsp3) is 0.462. The Bertz CT molecular complexity index is 603. The maximum atomic E-state index is 11.9. The lowest BCUT2D eigenvalue weighted by atomic mass is 9.86. The molecule has 0 radical (unpaired) electrons. The zero-order valence-electron chi connectivity index (χ0n) is 12.1. The average molecular weight is 315 g/mol. The van der Waals surface area contributed by atoms with Crippen molar-refractivity contribution in [2.75, 3.05) is 18.2 Å². The van der Waals surface area contributed by atoms with Crippen LogP contribution in [-0.2, 0) is 19.3 Å². The summed E-state index contributed by atoms with van der Waals surface area (Å²) >= 11 is 0. The second-order valence-corrected chi connectivity index (χ2v) is 7.03. The van der Waals surface area contributed by atoms with Crippen molar-refractivity contribution in [1.29, 1.82) is 0 Å². The van der Waals surface area contributed by atoms with E-state index < -0.39 is 20.5 Å². The molecule has 0 aromatic heterocycles. The van der Waals surface area contributed by atoms with Gasteiger partial charge < -0.3 is 14.5 Å². The van der Waals surface area contributed by atoms with Gasteiger partial charge in [0.2, 0.25) is 0 Å². The van der Waals surface area contributed by atoms with Gasteiger partial charge in [0.05, 0.1) is 5.69 Å². The van der Waals surface area contributed by atoms with Crippen LogP contribution in [0.3, 0.4) is 0 Å². The Kier molecular flexibility index (Phi) is 4.13. The molecule has 0 atom stereocenters. The van der Waals surface area contributed by atoms with Crippen molar-refractivity contribution < 1.29 is 28.4 Å². The van der Waals surface area contributed by atoms with Crippen LogP contribution in [0.2, 0.25) is 0 Å². The molecule has 2 rings (SSSR count). The molecule has 1 amide bonds. The number of rotatable bonds is 3. The summed E-state index contributed by atoms with van der Waals surface area (Å²) in [6.07, 6.45) is 0. The molecule has 0 aliphatic carbocycles. The Labute approximate surface area is 122 Å². The van der Waals surface area contributed by atoms with E-state index in [-0.39, 0.29) is 12.0 Å². The summed E-state index contributed by atoms with van der Waals surface area (Å²) in [6, 6.07) is 5.42. The van der Waals surface area contributed by atoms with Gasteiger partial charge in [-0.2, -0.15) is 0 Å². The molecule has 0 unspecified atom stereocenters. The molecule has 8 heteroatoms. The van der Waals surface area contributed by atoms with Gasteiger partial charge in [-0.1, -0.05) is 26.8 Å². The Morgan fingerprint density at radius 1 is 1.38 bits per heavy atom. The molecule has 2 N–H and O–H groups in total. The zero-order chi connectivity index (χ0) is 15.8. The van der Waals surface area contributed by atoms with Crippen LogP contribution in [-0.4, -0.2) is 29.0 Å². The zero-order valence-corrected chi connectivity index (χ0v) is 13.0. The number of nitrogens with zero attached hydrogens (tertiary/aromatic N) is 1. The Hall–Kier alpha value is -1.40. The molecule has 1 aliphatic heterocycles. The number of anilines is 1. The van der Waals surface area contributed by atoms with Crippen molar-refractivity contribution in [2.24, 2.45) is 0 Å². The fourth-order valence-electron chi connectivity index (χ4n) is 1.94. The van der Waals surface area contributed by atoms with Gasteiger partial charge in [0.25, 0.3) is 5.91 Å². The Balaban J connectivity index is 2.36. The van der Waals surface area contributed by atoms with Crippen molar-refractivity contribution >= 4 is 19.4 Å². The lowest BCUT2D eigenvalue weighted by molar-refractivity contribution is -0.122. The highest BCUT2D eigenvalue weighted by Crippen LogP contribution is 2.40. The third-order valence-corrected chi connectivity index (χ3v) is 3.57. The smallest absolute Gasteiger partial charge is 0.471 e. The number of ether oxygens (including phenoxy) is 1. The van der Waals surface area contributed by atoms with Gasteiger partial charge in [-0.15, -0.1) is 0 Å². The first-order valence-electron chi connectivity index (χ1n) is 6.36. The average Bonchev–Trinajstić information content (AvgIpc) is 2.34. The number of carbonyl (C=O) groups excluding carboxylic acids is 1. The summed E-state index contributed by atoms with van der Waals surface area (Å²) in [5, 5.41) is 0. The molecular formula is C13H18NO6P. The highest BCUT2D eigenvalue weighted by molar-refractivity contribution is 7.46. The van der Waals surface area contributed by atoms with Crippen LogP contribution in [0.5, 0.6) is 5.75 Å². The highest BCUT2D eigenvalue weighted by Gasteiger charge is 2.29. The number of fused-ring (bicyclic) bond motifs is 1. The predicted octanol–water partition coefficient (Wildman–Crippen LogP) is 1.78. The number of hydrogen-bond donors (Lipinski definition) is 2. The van der Waals surface area contributed by atoms with Gasteiger partial charge in [-0.05, 0) is 23.1 Å². The first-order valence-corrected chi connectivity index (χ1v) is 7.89. The second kappa shape index (κ2) is 5.42. The van der Waals surface area contributed by atoms with Crippen LogP contribution in [0.1, 0.15) is 26.3 Å². The van der Waals surface area contributed by atoms with E-state index >= 15 is 0 Å². The highest BCUT2D eigenvalue weighted by atomic mass is 31.2. The lowest BCUT2D eigenvalue weighted by Crippen LogP contribution is -2.40. The van der Waals surface area contributed by atoms with E-state index in [0.29, 0.717) is 11.4 Å². The van der Waals surface area contributed by atoms with E-state index in [2.05, 4.69) is 4.52 Å². The number of hydrogen-bond acceptors (Lipinski definition) is 4. The molecule has 21 heavy (non-hydrogen) atoms.